The molecule has 0 aromatic carbocycles. The predicted octanol–water partition coefficient (Wildman–Crippen LogP) is 1.44. The summed E-state index contributed by atoms with van der Waals surface area (Å²) < 4.78 is 7.18. The second-order valence-corrected chi connectivity index (χ2v) is 4.80. The minimum absolute atomic E-state index is 0.570. The van der Waals surface area contributed by atoms with E-state index in [1.807, 2.05) is 11.6 Å². The number of aromatic nitrogens is 3. The van der Waals surface area contributed by atoms with Crippen LogP contribution in [0.5, 0.6) is 5.88 Å². The fourth-order valence-corrected chi connectivity index (χ4v) is 2.67. The van der Waals surface area contributed by atoms with Gasteiger partial charge in [0, 0.05) is 18.8 Å². The SMILES string of the molecule is COc1cnc2c(C3CCNCC3)cn(C)c2n1. The molecule has 1 aliphatic heterocycles. The molecule has 0 atom stereocenters. The van der Waals surface area contributed by atoms with Gasteiger partial charge in [0.25, 0.3) is 0 Å². The maximum atomic E-state index is 5.14. The molecule has 0 aliphatic carbocycles. The Morgan fingerprint density at radius 3 is 2.89 bits per heavy atom. The van der Waals surface area contributed by atoms with Crippen molar-refractivity contribution < 1.29 is 4.74 Å². The zero-order valence-electron chi connectivity index (χ0n) is 10.8. The van der Waals surface area contributed by atoms with Gasteiger partial charge >= 0.3 is 0 Å². The van der Waals surface area contributed by atoms with Crippen LogP contribution in [0.25, 0.3) is 11.2 Å². The molecule has 3 heterocycles. The molecule has 1 N–H and O–H groups in total. The van der Waals surface area contributed by atoms with Gasteiger partial charge < -0.3 is 14.6 Å². The number of methoxy groups -OCH3 is 1. The third-order valence-electron chi connectivity index (χ3n) is 3.66. The lowest BCUT2D eigenvalue weighted by Gasteiger charge is -2.21. The molecule has 0 amide bonds. The normalized spacial score (nSPS) is 17.2. The largest absolute Gasteiger partial charge is 0.480 e. The fraction of sp³-hybridized carbons (Fsp3) is 0.538. The van der Waals surface area contributed by atoms with Crippen molar-refractivity contribution in [3.63, 3.8) is 0 Å². The summed E-state index contributed by atoms with van der Waals surface area (Å²) >= 11 is 0. The second kappa shape index (κ2) is 4.57. The maximum Gasteiger partial charge on any atom is 0.234 e. The van der Waals surface area contributed by atoms with Crippen molar-refractivity contribution in [1.82, 2.24) is 19.9 Å². The van der Waals surface area contributed by atoms with E-state index in [1.165, 1.54) is 18.4 Å². The average molecular weight is 246 g/mol. The number of nitrogens with zero attached hydrogens (tertiary/aromatic N) is 3. The number of aryl methyl sites for hydroxylation is 1. The minimum Gasteiger partial charge on any atom is -0.480 e. The molecular formula is C13H18N4O. The highest BCUT2D eigenvalue weighted by molar-refractivity contribution is 5.77. The van der Waals surface area contributed by atoms with Gasteiger partial charge in [-0.2, -0.15) is 4.98 Å². The highest BCUT2D eigenvalue weighted by Crippen LogP contribution is 2.31. The lowest BCUT2D eigenvalue weighted by Crippen LogP contribution is -2.26. The number of rotatable bonds is 2. The van der Waals surface area contributed by atoms with Gasteiger partial charge in [-0.05, 0) is 31.8 Å². The molecule has 0 bridgehead atoms. The quantitative estimate of drug-likeness (QED) is 0.871. The monoisotopic (exact) mass is 246 g/mol. The van der Waals surface area contributed by atoms with E-state index in [9.17, 15) is 0 Å². The molecule has 0 radical (unpaired) electrons. The Morgan fingerprint density at radius 1 is 1.39 bits per heavy atom. The zero-order valence-corrected chi connectivity index (χ0v) is 10.8. The van der Waals surface area contributed by atoms with Gasteiger partial charge in [0.2, 0.25) is 5.88 Å². The summed E-state index contributed by atoms with van der Waals surface area (Å²) in [6.45, 7) is 2.18. The standard InChI is InChI=1S/C13H18N4O/c1-17-8-10(9-3-5-14-6-4-9)12-13(17)16-11(18-2)7-15-12/h7-9,14H,3-6H2,1-2H3. The first-order chi connectivity index (χ1) is 8.79. The van der Waals surface area contributed by atoms with Crippen LogP contribution < -0.4 is 10.1 Å². The molecule has 5 nitrogen and oxygen atoms in total. The molecule has 96 valence electrons. The molecular weight excluding hydrogens is 228 g/mol. The molecule has 1 aliphatic rings. The van der Waals surface area contributed by atoms with E-state index in [4.69, 9.17) is 4.74 Å². The molecule has 2 aromatic heterocycles. The number of fused-ring (bicyclic) bond motifs is 1. The van der Waals surface area contributed by atoms with Crippen LogP contribution in [0.15, 0.2) is 12.4 Å². The predicted molar refractivity (Wildman–Crippen MR) is 69.9 cm³/mol. The van der Waals surface area contributed by atoms with Gasteiger partial charge in [-0.1, -0.05) is 0 Å². The Balaban J connectivity index is 2.07. The van der Waals surface area contributed by atoms with E-state index < -0.39 is 0 Å². The van der Waals surface area contributed by atoms with Crippen LogP contribution in [0.2, 0.25) is 0 Å². The summed E-state index contributed by atoms with van der Waals surface area (Å²) in [6, 6.07) is 0. The van der Waals surface area contributed by atoms with Gasteiger partial charge in [-0.15, -0.1) is 0 Å². The smallest absolute Gasteiger partial charge is 0.234 e. The molecule has 5 heteroatoms. The number of hydrogen-bond donors (Lipinski definition) is 1. The van der Waals surface area contributed by atoms with Crippen LogP contribution in [0.1, 0.15) is 24.3 Å². The van der Waals surface area contributed by atoms with Gasteiger partial charge in [-0.25, -0.2) is 4.98 Å². The van der Waals surface area contributed by atoms with Crippen molar-refractivity contribution in [3.05, 3.63) is 18.0 Å². The van der Waals surface area contributed by atoms with Gasteiger partial charge in [-0.3, -0.25) is 0 Å². The minimum atomic E-state index is 0.570. The maximum absolute atomic E-state index is 5.14. The third kappa shape index (κ3) is 1.84. The molecule has 3 rings (SSSR count). The van der Waals surface area contributed by atoms with E-state index in [-0.39, 0.29) is 0 Å². The second-order valence-electron chi connectivity index (χ2n) is 4.80. The highest BCUT2D eigenvalue weighted by Gasteiger charge is 2.21. The zero-order chi connectivity index (χ0) is 12.5. The van der Waals surface area contributed by atoms with Crippen molar-refractivity contribution >= 4 is 11.2 Å². The number of hydrogen-bond acceptors (Lipinski definition) is 4. The van der Waals surface area contributed by atoms with Crippen LogP contribution in [-0.2, 0) is 7.05 Å². The summed E-state index contributed by atoms with van der Waals surface area (Å²) in [5, 5.41) is 3.39. The highest BCUT2D eigenvalue weighted by atomic mass is 16.5. The van der Waals surface area contributed by atoms with Crippen LogP contribution in [0, 0.1) is 0 Å². The summed E-state index contributed by atoms with van der Waals surface area (Å²) in [5.74, 6) is 1.17. The Labute approximate surface area is 106 Å². The van der Waals surface area contributed by atoms with Crippen LogP contribution in [0.4, 0.5) is 0 Å². The lowest BCUT2D eigenvalue weighted by atomic mass is 9.91. The van der Waals surface area contributed by atoms with Crippen LogP contribution >= 0.6 is 0 Å². The summed E-state index contributed by atoms with van der Waals surface area (Å²) in [4.78, 5) is 8.99. The van der Waals surface area contributed by atoms with Crippen molar-refractivity contribution in [1.29, 1.82) is 0 Å². The van der Waals surface area contributed by atoms with E-state index in [0.717, 1.165) is 24.3 Å². The lowest BCUT2D eigenvalue weighted by molar-refractivity contribution is 0.397. The number of ether oxygens (including phenoxy) is 1. The first kappa shape index (κ1) is 11.5. The Hall–Kier alpha value is -1.62. The Bertz CT molecular complexity index is 557. The van der Waals surface area contributed by atoms with E-state index >= 15 is 0 Å². The molecule has 1 saturated heterocycles. The summed E-state index contributed by atoms with van der Waals surface area (Å²) in [5.41, 5.74) is 3.25. The van der Waals surface area contributed by atoms with Gasteiger partial charge in [0.05, 0.1) is 13.3 Å². The molecule has 1 fully saturated rings. The first-order valence-corrected chi connectivity index (χ1v) is 6.36. The van der Waals surface area contributed by atoms with E-state index in [2.05, 4.69) is 21.5 Å². The van der Waals surface area contributed by atoms with Crippen molar-refractivity contribution in [2.24, 2.45) is 7.05 Å². The van der Waals surface area contributed by atoms with E-state index in [1.54, 1.807) is 13.3 Å². The molecule has 2 aromatic rings. The van der Waals surface area contributed by atoms with E-state index in [0.29, 0.717) is 11.8 Å². The van der Waals surface area contributed by atoms with Crippen molar-refractivity contribution in [2.75, 3.05) is 20.2 Å². The average Bonchev–Trinajstić information content (AvgIpc) is 2.77. The van der Waals surface area contributed by atoms with Crippen molar-refractivity contribution in [2.45, 2.75) is 18.8 Å². The fourth-order valence-electron chi connectivity index (χ4n) is 2.67. The van der Waals surface area contributed by atoms with Gasteiger partial charge in [0.15, 0.2) is 5.65 Å². The third-order valence-corrected chi connectivity index (χ3v) is 3.66. The molecule has 18 heavy (non-hydrogen) atoms. The molecule has 0 unspecified atom stereocenters. The summed E-state index contributed by atoms with van der Waals surface area (Å²) in [7, 11) is 3.63. The van der Waals surface area contributed by atoms with Crippen LogP contribution in [0.3, 0.4) is 0 Å². The number of nitrogens with one attached hydrogen (secondary N) is 1. The van der Waals surface area contributed by atoms with Gasteiger partial charge in [0.1, 0.15) is 5.52 Å². The Morgan fingerprint density at radius 2 is 2.17 bits per heavy atom. The molecule has 0 saturated carbocycles. The summed E-state index contributed by atoms with van der Waals surface area (Å²) in [6.07, 6.45) is 6.21. The topological polar surface area (TPSA) is 52.0 Å². The van der Waals surface area contributed by atoms with Crippen LogP contribution in [-0.4, -0.2) is 34.7 Å². The van der Waals surface area contributed by atoms with Crippen molar-refractivity contribution in [3.8, 4) is 5.88 Å². The number of piperidine rings is 1. The first-order valence-electron chi connectivity index (χ1n) is 6.36. The Kier molecular flexibility index (Phi) is 2.91. The molecule has 0 spiro atoms.